The van der Waals surface area contributed by atoms with Crippen LogP contribution in [0.3, 0.4) is 0 Å². The number of rotatable bonds is 4. The number of imidazole rings is 1. The Bertz CT molecular complexity index is 1240. The van der Waals surface area contributed by atoms with Gasteiger partial charge in [-0.05, 0) is 55.5 Å². The molecule has 0 unspecified atom stereocenters. The fourth-order valence-electron chi connectivity index (χ4n) is 3.74. The number of fused-ring (bicyclic) bond motifs is 1. The number of pyridine rings is 1. The first kappa shape index (κ1) is 19.7. The van der Waals surface area contributed by atoms with E-state index in [1.807, 2.05) is 19.1 Å². The van der Waals surface area contributed by atoms with Gasteiger partial charge in [-0.1, -0.05) is 11.6 Å². The molecule has 1 aliphatic rings. The molecule has 4 heterocycles. The van der Waals surface area contributed by atoms with Crippen LogP contribution in [-0.4, -0.2) is 41.6 Å². The molecule has 0 aliphatic carbocycles. The minimum atomic E-state index is -0.346. The molecular weight excluding hydrogens is 416 g/mol. The zero-order valence-corrected chi connectivity index (χ0v) is 17.7. The van der Waals surface area contributed by atoms with Crippen molar-refractivity contribution in [3.05, 3.63) is 71.2 Å². The van der Waals surface area contributed by atoms with E-state index in [2.05, 4.69) is 27.3 Å². The number of furan rings is 1. The summed E-state index contributed by atoms with van der Waals surface area (Å²) in [7, 11) is 0. The Morgan fingerprint density at radius 2 is 1.87 bits per heavy atom. The molecule has 7 nitrogen and oxygen atoms in total. The Hall–Kier alpha value is -3.29. The molecule has 1 amide bonds. The van der Waals surface area contributed by atoms with Gasteiger partial charge in [0.1, 0.15) is 11.6 Å². The normalized spacial score (nSPS) is 14.2. The average molecular weight is 437 g/mol. The summed E-state index contributed by atoms with van der Waals surface area (Å²) in [6, 6.07) is 15.2. The third-order valence-electron chi connectivity index (χ3n) is 5.37. The lowest BCUT2D eigenvalue weighted by Crippen LogP contribution is -2.36. The number of amides is 1. The number of carbonyl (C=O) groups is 1. The van der Waals surface area contributed by atoms with Gasteiger partial charge in [-0.2, -0.15) is 0 Å². The van der Waals surface area contributed by atoms with Crippen LogP contribution < -0.4 is 10.2 Å². The van der Waals surface area contributed by atoms with Gasteiger partial charge in [0, 0.05) is 30.5 Å². The number of morpholine rings is 1. The molecule has 0 atom stereocenters. The number of hydrogen-bond donors (Lipinski definition) is 1. The molecule has 0 saturated carbocycles. The number of hydrogen-bond acceptors (Lipinski definition) is 5. The van der Waals surface area contributed by atoms with Gasteiger partial charge in [-0.25, -0.2) is 4.98 Å². The van der Waals surface area contributed by atoms with Gasteiger partial charge < -0.3 is 19.4 Å². The number of nitrogens with zero attached hydrogens (tertiary/aromatic N) is 3. The lowest BCUT2D eigenvalue weighted by Gasteiger charge is -2.28. The van der Waals surface area contributed by atoms with Crippen LogP contribution in [0, 0.1) is 6.92 Å². The summed E-state index contributed by atoms with van der Waals surface area (Å²) in [6.07, 6.45) is 1.81. The molecule has 4 aromatic rings. The molecule has 1 fully saturated rings. The van der Waals surface area contributed by atoms with Crippen molar-refractivity contribution in [2.45, 2.75) is 6.92 Å². The minimum absolute atomic E-state index is 0.226. The Labute approximate surface area is 184 Å². The summed E-state index contributed by atoms with van der Waals surface area (Å²) in [5, 5.41) is 3.40. The second kappa shape index (κ2) is 8.09. The van der Waals surface area contributed by atoms with Crippen LogP contribution in [0.2, 0.25) is 5.02 Å². The van der Waals surface area contributed by atoms with Crippen LogP contribution in [0.4, 0.5) is 11.5 Å². The number of aromatic nitrogens is 2. The molecule has 0 spiro atoms. The van der Waals surface area contributed by atoms with Crippen LogP contribution >= 0.6 is 11.6 Å². The van der Waals surface area contributed by atoms with E-state index in [1.165, 1.54) is 0 Å². The number of halogens is 1. The van der Waals surface area contributed by atoms with Gasteiger partial charge in [0.2, 0.25) is 0 Å². The predicted molar refractivity (Wildman–Crippen MR) is 120 cm³/mol. The molecule has 5 rings (SSSR count). The van der Waals surface area contributed by atoms with Crippen molar-refractivity contribution in [2.75, 3.05) is 36.5 Å². The molecule has 0 bridgehead atoms. The van der Waals surface area contributed by atoms with Crippen molar-refractivity contribution < 1.29 is 13.9 Å². The number of benzene rings is 1. The van der Waals surface area contributed by atoms with E-state index in [9.17, 15) is 4.79 Å². The Morgan fingerprint density at radius 1 is 1.10 bits per heavy atom. The Balaban J connectivity index is 1.34. The molecular formula is C23H21ClN4O3. The fraction of sp³-hybridized carbons (Fsp3) is 0.217. The highest BCUT2D eigenvalue weighted by molar-refractivity contribution is 6.33. The van der Waals surface area contributed by atoms with Crippen LogP contribution in [0.1, 0.15) is 16.2 Å². The maximum absolute atomic E-state index is 12.8. The summed E-state index contributed by atoms with van der Waals surface area (Å²) in [5.41, 5.74) is 3.33. The van der Waals surface area contributed by atoms with Crippen LogP contribution in [0.15, 0.2) is 59.1 Å². The highest BCUT2D eigenvalue weighted by atomic mass is 35.5. The van der Waals surface area contributed by atoms with Crippen LogP contribution in [-0.2, 0) is 4.74 Å². The lowest BCUT2D eigenvalue weighted by atomic mass is 10.1. The number of aryl methyl sites for hydroxylation is 1. The largest absolute Gasteiger partial charge is 0.451 e. The fourth-order valence-corrected chi connectivity index (χ4v) is 3.95. The van der Waals surface area contributed by atoms with Gasteiger partial charge >= 0.3 is 0 Å². The maximum Gasteiger partial charge on any atom is 0.292 e. The number of anilines is 2. The second-order valence-corrected chi connectivity index (χ2v) is 7.77. The van der Waals surface area contributed by atoms with E-state index in [-0.39, 0.29) is 11.7 Å². The van der Waals surface area contributed by atoms with Crippen molar-refractivity contribution in [1.29, 1.82) is 0 Å². The molecule has 1 aliphatic heterocycles. The Kier molecular flexibility index (Phi) is 5.13. The first-order chi connectivity index (χ1) is 15.1. The first-order valence-corrected chi connectivity index (χ1v) is 10.5. The van der Waals surface area contributed by atoms with Crippen LogP contribution in [0.25, 0.3) is 17.0 Å². The van der Waals surface area contributed by atoms with Crippen molar-refractivity contribution in [2.24, 2.45) is 0 Å². The predicted octanol–water partition coefficient (Wildman–Crippen LogP) is 4.65. The quantitative estimate of drug-likeness (QED) is 0.504. The van der Waals surface area contributed by atoms with Gasteiger partial charge in [0.05, 0.1) is 23.9 Å². The van der Waals surface area contributed by atoms with E-state index < -0.39 is 0 Å². The van der Waals surface area contributed by atoms with Crippen molar-refractivity contribution in [1.82, 2.24) is 9.38 Å². The summed E-state index contributed by atoms with van der Waals surface area (Å²) in [5.74, 6) is 1.08. The number of ether oxygens (including phenoxy) is 1. The van der Waals surface area contributed by atoms with Gasteiger partial charge in [0.15, 0.2) is 11.4 Å². The van der Waals surface area contributed by atoms with Crippen molar-refractivity contribution in [3.63, 3.8) is 0 Å². The topological polar surface area (TPSA) is 72.0 Å². The van der Waals surface area contributed by atoms with E-state index in [1.54, 1.807) is 34.9 Å². The zero-order valence-electron chi connectivity index (χ0n) is 17.0. The van der Waals surface area contributed by atoms with E-state index in [0.717, 1.165) is 37.6 Å². The number of carbonyl (C=O) groups excluding carboxylic acids is 1. The summed E-state index contributed by atoms with van der Waals surface area (Å²) in [6.45, 7) is 5.09. The summed E-state index contributed by atoms with van der Waals surface area (Å²) in [4.78, 5) is 19.5. The number of nitrogens with one attached hydrogen (secondary N) is 1. The Morgan fingerprint density at radius 3 is 2.65 bits per heavy atom. The molecule has 8 heteroatoms. The minimum Gasteiger partial charge on any atom is -0.451 e. The average Bonchev–Trinajstić information content (AvgIpc) is 3.41. The standard InChI is InChI=1S/C23H21ClN4O3/c1-15-21(28-10-2-3-18(24)22(28)25-15)26-23(29)20-9-8-19(31-20)16-4-6-17(7-5-16)27-11-13-30-14-12-27/h2-10H,11-14H2,1H3,(H,26,29). The van der Waals surface area contributed by atoms with E-state index in [4.69, 9.17) is 20.8 Å². The molecule has 3 aromatic heterocycles. The van der Waals surface area contributed by atoms with E-state index >= 15 is 0 Å². The van der Waals surface area contributed by atoms with Crippen LogP contribution in [0.5, 0.6) is 0 Å². The van der Waals surface area contributed by atoms with Crippen molar-refractivity contribution >= 4 is 34.7 Å². The summed E-state index contributed by atoms with van der Waals surface area (Å²) >= 11 is 6.20. The van der Waals surface area contributed by atoms with Crippen molar-refractivity contribution in [3.8, 4) is 11.3 Å². The third-order valence-corrected chi connectivity index (χ3v) is 5.66. The molecule has 1 N–H and O–H groups in total. The second-order valence-electron chi connectivity index (χ2n) is 7.36. The van der Waals surface area contributed by atoms with Gasteiger partial charge in [-0.3, -0.25) is 9.20 Å². The molecule has 158 valence electrons. The molecule has 31 heavy (non-hydrogen) atoms. The highest BCUT2D eigenvalue weighted by Crippen LogP contribution is 2.27. The first-order valence-electron chi connectivity index (χ1n) is 10.1. The molecule has 1 aromatic carbocycles. The SMILES string of the molecule is Cc1nc2c(Cl)cccn2c1NC(=O)c1ccc(-c2ccc(N3CCOCC3)cc2)o1. The van der Waals surface area contributed by atoms with E-state index in [0.29, 0.717) is 27.9 Å². The van der Waals surface area contributed by atoms with Gasteiger partial charge in [0.25, 0.3) is 5.91 Å². The highest BCUT2D eigenvalue weighted by Gasteiger charge is 2.18. The zero-order chi connectivity index (χ0) is 21.4. The van der Waals surface area contributed by atoms with Gasteiger partial charge in [-0.15, -0.1) is 0 Å². The lowest BCUT2D eigenvalue weighted by molar-refractivity contribution is 0.0997. The molecule has 0 radical (unpaired) electrons. The molecule has 1 saturated heterocycles. The maximum atomic E-state index is 12.8. The smallest absolute Gasteiger partial charge is 0.292 e. The summed E-state index contributed by atoms with van der Waals surface area (Å²) < 4.78 is 13.0. The monoisotopic (exact) mass is 436 g/mol. The third kappa shape index (κ3) is 3.78.